The van der Waals surface area contributed by atoms with Crippen LogP contribution in [0.2, 0.25) is 0 Å². The molecule has 4 rings (SSSR count). The van der Waals surface area contributed by atoms with E-state index in [0.717, 1.165) is 29.7 Å². The van der Waals surface area contributed by atoms with E-state index in [1.165, 1.54) is 10.9 Å². The Bertz CT molecular complexity index is 908. The molecule has 3 heteroatoms. The SMILES string of the molecule is CC(=O)N1CCc2c([nH]c3ccccc23)C1/C=C/c1ccccc1. The van der Waals surface area contributed by atoms with E-state index in [-0.39, 0.29) is 11.9 Å². The standard InChI is InChI=1S/C21H20N2O/c1-15(24)23-14-13-18-17-9-5-6-10-19(17)22-21(18)20(23)12-11-16-7-3-2-4-8-16/h2-12,20,22H,13-14H2,1H3/b12-11+. The molecule has 2 heterocycles. The molecule has 0 aliphatic carbocycles. The molecule has 3 nitrogen and oxygen atoms in total. The number of nitrogens with one attached hydrogen (secondary N) is 1. The summed E-state index contributed by atoms with van der Waals surface area (Å²) >= 11 is 0. The largest absolute Gasteiger partial charge is 0.356 e. The summed E-state index contributed by atoms with van der Waals surface area (Å²) in [5.74, 6) is 0.113. The molecular formula is C21H20N2O. The normalized spacial score (nSPS) is 17.4. The first-order chi connectivity index (χ1) is 11.7. The van der Waals surface area contributed by atoms with Crippen LogP contribution in [0.5, 0.6) is 0 Å². The van der Waals surface area contributed by atoms with Gasteiger partial charge in [-0.1, -0.05) is 60.7 Å². The van der Waals surface area contributed by atoms with Gasteiger partial charge in [-0.2, -0.15) is 0 Å². The van der Waals surface area contributed by atoms with Crippen LogP contribution in [-0.2, 0) is 11.2 Å². The molecule has 1 N–H and O–H groups in total. The number of nitrogens with zero attached hydrogens (tertiary/aromatic N) is 1. The van der Waals surface area contributed by atoms with Crippen molar-refractivity contribution in [3.8, 4) is 0 Å². The van der Waals surface area contributed by atoms with Crippen LogP contribution in [-0.4, -0.2) is 22.3 Å². The number of carbonyl (C=O) groups is 1. The molecule has 1 aliphatic rings. The number of hydrogen-bond acceptors (Lipinski definition) is 1. The van der Waals surface area contributed by atoms with Gasteiger partial charge in [0.25, 0.3) is 0 Å². The van der Waals surface area contributed by atoms with Crippen molar-refractivity contribution in [3.05, 3.63) is 77.5 Å². The Morgan fingerprint density at radius 2 is 1.88 bits per heavy atom. The number of aromatic amines is 1. The zero-order chi connectivity index (χ0) is 16.5. The van der Waals surface area contributed by atoms with Crippen molar-refractivity contribution in [1.82, 2.24) is 9.88 Å². The van der Waals surface area contributed by atoms with Gasteiger partial charge in [0.05, 0.1) is 6.04 Å². The molecule has 1 atom stereocenters. The van der Waals surface area contributed by atoms with E-state index in [2.05, 4.69) is 47.5 Å². The summed E-state index contributed by atoms with van der Waals surface area (Å²) in [7, 11) is 0. The number of hydrogen-bond donors (Lipinski definition) is 1. The molecule has 2 aromatic carbocycles. The third kappa shape index (κ3) is 2.52. The van der Waals surface area contributed by atoms with Gasteiger partial charge in [0.1, 0.15) is 0 Å². The first kappa shape index (κ1) is 14.8. The monoisotopic (exact) mass is 316 g/mol. The molecular weight excluding hydrogens is 296 g/mol. The van der Waals surface area contributed by atoms with Crippen LogP contribution in [0, 0.1) is 0 Å². The molecule has 1 unspecified atom stereocenters. The van der Waals surface area contributed by atoms with Crippen molar-refractivity contribution in [3.63, 3.8) is 0 Å². The molecule has 3 aromatic rings. The average Bonchev–Trinajstić information content (AvgIpc) is 2.99. The average molecular weight is 316 g/mol. The van der Waals surface area contributed by atoms with Crippen molar-refractivity contribution in [2.75, 3.05) is 6.54 Å². The fourth-order valence-electron chi connectivity index (χ4n) is 3.59. The highest BCUT2D eigenvalue weighted by molar-refractivity contribution is 5.86. The molecule has 0 saturated carbocycles. The molecule has 120 valence electrons. The predicted octanol–water partition coefficient (Wildman–Crippen LogP) is 4.33. The Balaban J connectivity index is 1.79. The van der Waals surface area contributed by atoms with Crippen LogP contribution in [0.15, 0.2) is 60.7 Å². The minimum absolute atomic E-state index is 0.0427. The molecule has 0 radical (unpaired) electrons. The zero-order valence-corrected chi connectivity index (χ0v) is 13.7. The second-order valence-corrected chi connectivity index (χ2v) is 6.24. The van der Waals surface area contributed by atoms with Gasteiger partial charge >= 0.3 is 0 Å². The summed E-state index contributed by atoms with van der Waals surface area (Å²) in [6.45, 7) is 2.41. The van der Waals surface area contributed by atoms with Gasteiger partial charge in [0, 0.05) is 30.1 Å². The van der Waals surface area contributed by atoms with E-state index in [4.69, 9.17) is 0 Å². The Kier molecular flexibility index (Phi) is 3.69. The number of H-pyrrole nitrogens is 1. The van der Waals surface area contributed by atoms with Gasteiger partial charge in [-0.15, -0.1) is 0 Å². The van der Waals surface area contributed by atoms with E-state index in [1.54, 1.807) is 6.92 Å². The summed E-state index contributed by atoms with van der Waals surface area (Å²) in [5.41, 5.74) is 4.77. The van der Waals surface area contributed by atoms with Crippen molar-refractivity contribution >= 4 is 22.9 Å². The first-order valence-electron chi connectivity index (χ1n) is 8.34. The number of carbonyl (C=O) groups excluding carboxylic acids is 1. The maximum absolute atomic E-state index is 12.1. The topological polar surface area (TPSA) is 36.1 Å². The number of benzene rings is 2. The lowest BCUT2D eigenvalue weighted by Gasteiger charge is -2.33. The number of aromatic nitrogens is 1. The quantitative estimate of drug-likeness (QED) is 0.750. The van der Waals surface area contributed by atoms with E-state index >= 15 is 0 Å². The van der Waals surface area contributed by atoms with Gasteiger partial charge in [0.15, 0.2) is 0 Å². The highest BCUT2D eigenvalue weighted by Gasteiger charge is 2.29. The second kappa shape index (κ2) is 6.00. The first-order valence-corrected chi connectivity index (χ1v) is 8.34. The van der Waals surface area contributed by atoms with Crippen LogP contribution in [0.25, 0.3) is 17.0 Å². The summed E-state index contributed by atoms with van der Waals surface area (Å²) in [6, 6.07) is 18.5. The van der Waals surface area contributed by atoms with E-state index < -0.39 is 0 Å². The summed E-state index contributed by atoms with van der Waals surface area (Å²) in [5, 5.41) is 1.27. The Morgan fingerprint density at radius 3 is 2.67 bits per heavy atom. The smallest absolute Gasteiger partial charge is 0.220 e. The van der Waals surface area contributed by atoms with Crippen molar-refractivity contribution in [2.45, 2.75) is 19.4 Å². The van der Waals surface area contributed by atoms with E-state index in [1.807, 2.05) is 29.2 Å². The number of amides is 1. The zero-order valence-electron chi connectivity index (χ0n) is 13.7. The fourth-order valence-corrected chi connectivity index (χ4v) is 3.59. The van der Waals surface area contributed by atoms with Gasteiger partial charge in [0.2, 0.25) is 5.91 Å². The Morgan fingerprint density at radius 1 is 1.12 bits per heavy atom. The fraction of sp³-hybridized carbons (Fsp3) is 0.190. The summed E-state index contributed by atoms with van der Waals surface area (Å²) in [4.78, 5) is 17.6. The van der Waals surface area contributed by atoms with Crippen LogP contribution >= 0.6 is 0 Å². The third-order valence-corrected chi connectivity index (χ3v) is 4.76. The van der Waals surface area contributed by atoms with Gasteiger partial charge < -0.3 is 9.88 Å². The molecule has 0 fully saturated rings. The van der Waals surface area contributed by atoms with Crippen LogP contribution in [0.1, 0.15) is 29.8 Å². The highest BCUT2D eigenvalue weighted by Crippen LogP contribution is 2.35. The lowest BCUT2D eigenvalue weighted by atomic mass is 9.96. The minimum Gasteiger partial charge on any atom is -0.356 e. The van der Waals surface area contributed by atoms with Crippen molar-refractivity contribution in [2.24, 2.45) is 0 Å². The van der Waals surface area contributed by atoms with E-state index in [0.29, 0.717) is 0 Å². The lowest BCUT2D eigenvalue weighted by molar-refractivity contribution is -0.130. The second-order valence-electron chi connectivity index (χ2n) is 6.24. The van der Waals surface area contributed by atoms with Crippen molar-refractivity contribution in [1.29, 1.82) is 0 Å². The van der Waals surface area contributed by atoms with Crippen molar-refractivity contribution < 1.29 is 4.79 Å². The molecule has 1 aromatic heterocycles. The molecule has 1 aliphatic heterocycles. The van der Waals surface area contributed by atoms with Gasteiger partial charge in [-0.25, -0.2) is 0 Å². The van der Waals surface area contributed by atoms with Crippen LogP contribution < -0.4 is 0 Å². The number of fused-ring (bicyclic) bond motifs is 3. The number of para-hydroxylation sites is 1. The molecule has 24 heavy (non-hydrogen) atoms. The maximum atomic E-state index is 12.1. The molecule has 0 saturated heterocycles. The lowest BCUT2D eigenvalue weighted by Crippen LogP contribution is -2.37. The molecule has 0 bridgehead atoms. The summed E-state index contributed by atoms with van der Waals surface area (Å²) < 4.78 is 0. The van der Waals surface area contributed by atoms with Gasteiger partial charge in [-0.05, 0) is 23.6 Å². The third-order valence-electron chi connectivity index (χ3n) is 4.76. The molecule has 1 amide bonds. The molecule has 0 spiro atoms. The summed E-state index contributed by atoms with van der Waals surface area (Å²) in [6.07, 6.45) is 5.12. The highest BCUT2D eigenvalue weighted by atomic mass is 16.2. The number of rotatable bonds is 2. The Labute approximate surface area is 141 Å². The van der Waals surface area contributed by atoms with E-state index in [9.17, 15) is 4.79 Å². The maximum Gasteiger partial charge on any atom is 0.220 e. The predicted molar refractivity (Wildman–Crippen MR) is 97.6 cm³/mol. The van der Waals surface area contributed by atoms with Crippen LogP contribution in [0.3, 0.4) is 0 Å². The van der Waals surface area contributed by atoms with Crippen LogP contribution in [0.4, 0.5) is 0 Å². The Hall–Kier alpha value is -2.81. The van der Waals surface area contributed by atoms with Gasteiger partial charge in [-0.3, -0.25) is 4.79 Å². The minimum atomic E-state index is -0.0427.